The average Bonchev–Trinajstić information content (AvgIpc) is 2.89. The van der Waals surface area contributed by atoms with Crippen LogP contribution in [0.5, 0.6) is 0 Å². The molecule has 1 fully saturated rings. The van der Waals surface area contributed by atoms with Crippen LogP contribution in [-0.2, 0) is 16.0 Å². The lowest BCUT2D eigenvalue weighted by Gasteiger charge is -2.21. The number of carbonyl (C=O) groups is 2. The number of hydrogen-bond donors (Lipinski definition) is 2. The van der Waals surface area contributed by atoms with Crippen molar-refractivity contribution < 1.29 is 19.2 Å². The summed E-state index contributed by atoms with van der Waals surface area (Å²) in [6.07, 6.45) is 3.18. The molecule has 1 saturated heterocycles. The molecule has 0 saturated carbocycles. The highest BCUT2D eigenvalue weighted by Gasteiger charge is 2.26. The van der Waals surface area contributed by atoms with Crippen molar-refractivity contribution in [3.63, 3.8) is 0 Å². The van der Waals surface area contributed by atoms with Gasteiger partial charge in [-0.2, -0.15) is 0 Å². The van der Waals surface area contributed by atoms with E-state index in [4.69, 9.17) is 0 Å². The van der Waals surface area contributed by atoms with E-state index in [1.807, 2.05) is 0 Å². The normalized spacial score (nSPS) is 19.8. The first-order valence-corrected chi connectivity index (χ1v) is 6.79. The van der Waals surface area contributed by atoms with E-state index in [9.17, 15) is 14.7 Å². The smallest absolute Gasteiger partial charge is 0.251 e. The molecule has 0 bridgehead atoms. The fraction of sp³-hybridized carbons (Fsp3) is 0.615. The van der Waals surface area contributed by atoms with E-state index in [0.717, 1.165) is 18.5 Å². The molecule has 2 N–H and O–H groups in total. The summed E-state index contributed by atoms with van der Waals surface area (Å²) in [6.45, 7) is 0.956. The van der Waals surface area contributed by atoms with Gasteiger partial charge in [-0.15, -0.1) is 0 Å². The number of nitrogens with one attached hydrogen (secondary N) is 1. The SMILES string of the molecule is O=C(CN1CCCCC(O)C1=O)NCCc1ccon1. The second-order valence-corrected chi connectivity index (χ2v) is 4.86. The van der Waals surface area contributed by atoms with E-state index in [0.29, 0.717) is 25.9 Å². The van der Waals surface area contributed by atoms with E-state index < -0.39 is 6.10 Å². The van der Waals surface area contributed by atoms with E-state index in [2.05, 4.69) is 15.0 Å². The molecule has 20 heavy (non-hydrogen) atoms. The van der Waals surface area contributed by atoms with Gasteiger partial charge in [0.1, 0.15) is 12.4 Å². The van der Waals surface area contributed by atoms with E-state index in [-0.39, 0.29) is 18.4 Å². The van der Waals surface area contributed by atoms with Crippen molar-refractivity contribution >= 4 is 11.8 Å². The minimum absolute atomic E-state index is 0.00525. The highest BCUT2D eigenvalue weighted by molar-refractivity contribution is 5.87. The van der Waals surface area contributed by atoms with Crippen LogP contribution in [0.25, 0.3) is 0 Å². The molecule has 1 aromatic rings. The lowest BCUT2D eigenvalue weighted by atomic mass is 10.2. The molecule has 1 aromatic heterocycles. The van der Waals surface area contributed by atoms with Crippen molar-refractivity contribution in [2.75, 3.05) is 19.6 Å². The monoisotopic (exact) mass is 281 g/mol. The van der Waals surface area contributed by atoms with Crippen LogP contribution in [0.1, 0.15) is 25.0 Å². The Hall–Kier alpha value is -1.89. The van der Waals surface area contributed by atoms with Crippen molar-refractivity contribution in [3.8, 4) is 0 Å². The lowest BCUT2D eigenvalue weighted by molar-refractivity contribution is -0.142. The molecule has 1 unspecified atom stereocenters. The summed E-state index contributed by atoms with van der Waals surface area (Å²) in [6, 6.07) is 1.74. The number of amides is 2. The fourth-order valence-electron chi connectivity index (χ4n) is 2.17. The van der Waals surface area contributed by atoms with Gasteiger partial charge in [0.25, 0.3) is 5.91 Å². The molecule has 0 aliphatic carbocycles. The molecule has 2 rings (SSSR count). The zero-order valence-electron chi connectivity index (χ0n) is 11.2. The summed E-state index contributed by atoms with van der Waals surface area (Å²) < 4.78 is 4.69. The Balaban J connectivity index is 1.74. The van der Waals surface area contributed by atoms with Gasteiger partial charge in [0.2, 0.25) is 5.91 Å². The number of likely N-dealkylation sites (tertiary alicyclic amines) is 1. The molecule has 7 nitrogen and oxygen atoms in total. The molecule has 110 valence electrons. The quantitative estimate of drug-likeness (QED) is 0.773. The number of carbonyl (C=O) groups excluding carboxylic acids is 2. The van der Waals surface area contributed by atoms with Gasteiger partial charge >= 0.3 is 0 Å². The predicted octanol–water partition coefficient (Wildman–Crippen LogP) is -0.293. The molecule has 2 amide bonds. The van der Waals surface area contributed by atoms with Gasteiger partial charge < -0.3 is 19.8 Å². The predicted molar refractivity (Wildman–Crippen MR) is 69.7 cm³/mol. The first-order valence-electron chi connectivity index (χ1n) is 6.79. The molecule has 0 radical (unpaired) electrons. The molecule has 1 aliphatic rings. The van der Waals surface area contributed by atoms with E-state index >= 15 is 0 Å². The summed E-state index contributed by atoms with van der Waals surface area (Å²) in [4.78, 5) is 25.0. The Morgan fingerprint density at radius 3 is 3.15 bits per heavy atom. The maximum atomic E-state index is 11.8. The van der Waals surface area contributed by atoms with E-state index in [1.165, 1.54) is 11.2 Å². The maximum Gasteiger partial charge on any atom is 0.251 e. The standard InChI is InChI=1S/C13H19N3O4/c17-11-3-1-2-7-16(13(11)19)9-12(18)14-6-4-10-5-8-20-15-10/h5,8,11,17H,1-4,6-7,9H2,(H,14,18). The number of aliphatic hydroxyl groups excluding tert-OH is 1. The zero-order valence-corrected chi connectivity index (χ0v) is 11.2. The fourth-order valence-corrected chi connectivity index (χ4v) is 2.17. The molecule has 0 spiro atoms. The number of aliphatic hydroxyl groups is 1. The number of aromatic nitrogens is 1. The highest BCUT2D eigenvalue weighted by Crippen LogP contribution is 2.11. The van der Waals surface area contributed by atoms with Gasteiger partial charge in [-0.25, -0.2) is 0 Å². The molecular weight excluding hydrogens is 262 g/mol. The summed E-state index contributed by atoms with van der Waals surface area (Å²) in [5, 5.41) is 16.1. The van der Waals surface area contributed by atoms with Crippen molar-refractivity contribution in [2.24, 2.45) is 0 Å². The van der Waals surface area contributed by atoms with Gasteiger partial charge in [0.05, 0.1) is 12.2 Å². The highest BCUT2D eigenvalue weighted by atomic mass is 16.5. The Morgan fingerprint density at radius 1 is 1.55 bits per heavy atom. The molecule has 7 heteroatoms. The van der Waals surface area contributed by atoms with E-state index in [1.54, 1.807) is 6.07 Å². The largest absolute Gasteiger partial charge is 0.383 e. The van der Waals surface area contributed by atoms with Gasteiger partial charge in [-0.1, -0.05) is 5.16 Å². The molecule has 1 atom stereocenters. The first-order chi connectivity index (χ1) is 9.66. The minimum Gasteiger partial charge on any atom is -0.383 e. The summed E-state index contributed by atoms with van der Waals surface area (Å²) in [5.74, 6) is -0.579. The summed E-state index contributed by atoms with van der Waals surface area (Å²) in [7, 11) is 0. The van der Waals surface area contributed by atoms with Crippen LogP contribution in [0.3, 0.4) is 0 Å². The Labute approximate surface area is 116 Å². The van der Waals surface area contributed by atoms with Crippen LogP contribution in [0.15, 0.2) is 16.9 Å². The van der Waals surface area contributed by atoms with Gasteiger partial charge in [0, 0.05) is 25.6 Å². The number of rotatable bonds is 5. The second-order valence-electron chi connectivity index (χ2n) is 4.86. The average molecular weight is 281 g/mol. The molecular formula is C13H19N3O4. The first kappa shape index (κ1) is 14.5. The summed E-state index contributed by atoms with van der Waals surface area (Å²) >= 11 is 0. The Kier molecular flexibility index (Phi) is 5.11. The Bertz CT molecular complexity index is 446. The van der Waals surface area contributed by atoms with Gasteiger partial charge in [0.15, 0.2) is 0 Å². The third-order valence-corrected chi connectivity index (χ3v) is 3.28. The minimum atomic E-state index is -0.972. The van der Waals surface area contributed by atoms with Crippen LogP contribution in [0.2, 0.25) is 0 Å². The topological polar surface area (TPSA) is 95.7 Å². The van der Waals surface area contributed by atoms with Crippen molar-refractivity contribution in [2.45, 2.75) is 31.8 Å². The van der Waals surface area contributed by atoms with Crippen molar-refractivity contribution in [3.05, 3.63) is 18.0 Å². The number of nitrogens with zero attached hydrogens (tertiary/aromatic N) is 2. The molecule has 1 aliphatic heterocycles. The molecule has 2 heterocycles. The van der Waals surface area contributed by atoms with Gasteiger partial charge in [-0.05, 0) is 19.3 Å². The number of hydrogen-bond acceptors (Lipinski definition) is 5. The molecule has 0 aromatic carbocycles. The Morgan fingerprint density at radius 2 is 2.40 bits per heavy atom. The van der Waals surface area contributed by atoms with Gasteiger partial charge in [-0.3, -0.25) is 9.59 Å². The summed E-state index contributed by atoms with van der Waals surface area (Å²) in [5.41, 5.74) is 0.770. The maximum absolute atomic E-state index is 11.8. The van der Waals surface area contributed by atoms with Crippen molar-refractivity contribution in [1.29, 1.82) is 0 Å². The van der Waals surface area contributed by atoms with Crippen LogP contribution in [-0.4, -0.2) is 52.7 Å². The third kappa shape index (κ3) is 4.06. The van der Waals surface area contributed by atoms with Crippen LogP contribution in [0, 0.1) is 0 Å². The van der Waals surface area contributed by atoms with Crippen LogP contribution < -0.4 is 5.32 Å². The second kappa shape index (κ2) is 7.04. The van der Waals surface area contributed by atoms with Crippen LogP contribution in [0.4, 0.5) is 0 Å². The lowest BCUT2D eigenvalue weighted by Crippen LogP contribution is -2.44. The van der Waals surface area contributed by atoms with Crippen molar-refractivity contribution in [1.82, 2.24) is 15.4 Å². The zero-order chi connectivity index (χ0) is 14.4. The van der Waals surface area contributed by atoms with Crippen LogP contribution >= 0.6 is 0 Å². The third-order valence-electron chi connectivity index (χ3n) is 3.28.